The molecule has 1 fully saturated rings. The molecule has 2 rings (SSSR count). The number of ether oxygens (including phenoxy) is 1. The number of nitrogens with one attached hydrogen (secondary N) is 1. The minimum Gasteiger partial charge on any atom is -0.491 e. The predicted octanol–water partition coefficient (Wildman–Crippen LogP) is 3.98. The van der Waals surface area contributed by atoms with Crippen LogP contribution in [-0.2, 0) is 4.79 Å². The van der Waals surface area contributed by atoms with Crippen LogP contribution in [0.25, 0.3) is 0 Å². The molecule has 4 nitrogen and oxygen atoms in total. The molecule has 0 heterocycles. The van der Waals surface area contributed by atoms with Crippen molar-refractivity contribution in [2.24, 2.45) is 11.7 Å². The van der Waals surface area contributed by atoms with Gasteiger partial charge >= 0.3 is 0 Å². The van der Waals surface area contributed by atoms with Gasteiger partial charge in [-0.3, -0.25) is 4.79 Å². The zero-order valence-corrected chi connectivity index (χ0v) is 15.8. The fraction of sp³-hybridized carbons (Fsp3) is 0.632. The highest BCUT2D eigenvalue weighted by Crippen LogP contribution is 2.26. The average molecular weight is 355 g/mol. The minimum absolute atomic E-state index is 0. The summed E-state index contributed by atoms with van der Waals surface area (Å²) in [6, 6.07) is 8.10. The Morgan fingerprint density at radius 2 is 1.83 bits per heavy atom. The number of carbonyl (C=O) groups excluding carboxylic acids is 1. The van der Waals surface area contributed by atoms with Gasteiger partial charge in [-0.2, -0.15) is 0 Å². The van der Waals surface area contributed by atoms with E-state index in [-0.39, 0.29) is 36.5 Å². The van der Waals surface area contributed by atoms with E-state index in [9.17, 15) is 4.79 Å². The molecule has 1 aliphatic carbocycles. The molecular formula is C19H31ClN2O2. The van der Waals surface area contributed by atoms with Crippen LogP contribution in [0.4, 0.5) is 0 Å². The standard InChI is InChI=1S/C19H30N2O2.ClH/c1-13(2)23-17-10-8-15(9-11-17)14(3)21-19(22)12-16-6-4-5-7-18(16)20;/h8-11,13-14,16,18H,4-7,12,20H2,1-3H3,(H,21,22);1H. The van der Waals surface area contributed by atoms with E-state index in [4.69, 9.17) is 10.5 Å². The van der Waals surface area contributed by atoms with Gasteiger partial charge in [0.2, 0.25) is 5.91 Å². The van der Waals surface area contributed by atoms with Gasteiger partial charge in [0.15, 0.2) is 0 Å². The van der Waals surface area contributed by atoms with Gasteiger partial charge in [0.05, 0.1) is 12.1 Å². The Morgan fingerprint density at radius 3 is 2.42 bits per heavy atom. The van der Waals surface area contributed by atoms with Crippen molar-refractivity contribution in [1.82, 2.24) is 5.32 Å². The first-order valence-corrected chi connectivity index (χ1v) is 8.77. The smallest absolute Gasteiger partial charge is 0.220 e. The molecular weight excluding hydrogens is 324 g/mol. The maximum Gasteiger partial charge on any atom is 0.220 e. The molecule has 136 valence electrons. The quantitative estimate of drug-likeness (QED) is 0.812. The summed E-state index contributed by atoms with van der Waals surface area (Å²) in [5.74, 6) is 1.29. The van der Waals surface area contributed by atoms with Crippen molar-refractivity contribution in [3.63, 3.8) is 0 Å². The molecule has 3 N–H and O–H groups in total. The molecule has 0 aromatic heterocycles. The number of hydrogen-bond donors (Lipinski definition) is 2. The summed E-state index contributed by atoms with van der Waals surface area (Å²) >= 11 is 0. The Hall–Kier alpha value is -1.26. The summed E-state index contributed by atoms with van der Waals surface area (Å²) in [4.78, 5) is 12.3. The first kappa shape index (κ1) is 20.8. The highest BCUT2D eigenvalue weighted by atomic mass is 35.5. The van der Waals surface area contributed by atoms with Gasteiger partial charge in [0.1, 0.15) is 5.75 Å². The van der Waals surface area contributed by atoms with Crippen molar-refractivity contribution >= 4 is 18.3 Å². The molecule has 0 spiro atoms. The third-order valence-electron chi connectivity index (χ3n) is 4.54. The zero-order chi connectivity index (χ0) is 16.8. The second kappa shape index (κ2) is 9.90. The SMILES string of the molecule is CC(C)Oc1ccc(C(C)NC(=O)CC2CCCCC2N)cc1.Cl. The van der Waals surface area contributed by atoms with Crippen molar-refractivity contribution in [2.75, 3.05) is 0 Å². The van der Waals surface area contributed by atoms with Crippen molar-refractivity contribution in [1.29, 1.82) is 0 Å². The molecule has 0 radical (unpaired) electrons. The van der Waals surface area contributed by atoms with E-state index < -0.39 is 0 Å². The maximum atomic E-state index is 12.3. The van der Waals surface area contributed by atoms with Crippen LogP contribution >= 0.6 is 12.4 Å². The molecule has 0 saturated heterocycles. The third-order valence-corrected chi connectivity index (χ3v) is 4.54. The van der Waals surface area contributed by atoms with Gasteiger partial charge in [0.25, 0.3) is 0 Å². The number of hydrogen-bond acceptors (Lipinski definition) is 3. The molecule has 1 aliphatic rings. The Kier molecular flexibility index (Phi) is 8.57. The Balaban J connectivity index is 0.00000288. The van der Waals surface area contributed by atoms with Crippen molar-refractivity contribution in [2.45, 2.75) is 71.1 Å². The van der Waals surface area contributed by atoms with Crippen molar-refractivity contribution in [3.05, 3.63) is 29.8 Å². The highest BCUT2D eigenvalue weighted by molar-refractivity contribution is 5.85. The van der Waals surface area contributed by atoms with E-state index in [2.05, 4.69) is 5.32 Å². The van der Waals surface area contributed by atoms with E-state index in [1.165, 1.54) is 12.8 Å². The zero-order valence-electron chi connectivity index (χ0n) is 15.0. The van der Waals surface area contributed by atoms with Gasteiger partial charge in [-0.15, -0.1) is 12.4 Å². The van der Waals surface area contributed by atoms with Crippen LogP contribution in [0, 0.1) is 5.92 Å². The van der Waals surface area contributed by atoms with Gasteiger partial charge in [0, 0.05) is 12.5 Å². The van der Waals surface area contributed by atoms with Crippen LogP contribution < -0.4 is 15.8 Å². The van der Waals surface area contributed by atoms with Crippen LogP contribution in [0.2, 0.25) is 0 Å². The second-order valence-electron chi connectivity index (χ2n) is 6.94. The fourth-order valence-corrected chi connectivity index (χ4v) is 3.22. The van der Waals surface area contributed by atoms with Crippen LogP contribution in [0.3, 0.4) is 0 Å². The number of carbonyl (C=O) groups is 1. The molecule has 0 aliphatic heterocycles. The lowest BCUT2D eigenvalue weighted by Crippen LogP contribution is -2.37. The van der Waals surface area contributed by atoms with Gasteiger partial charge < -0.3 is 15.8 Å². The normalized spacial score (nSPS) is 21.7. The number of benzene rings is 1. The predicted molar refractivity (Wildman–Crippen MR) is 101 cm³/mol. The van der Waals surface area contributed by atoms with Gasteiger partial charge in [-0.1, -0.05) is 25.0 Å². The summed E-state index contributed by atoms with van der Waals surface area (Å²) in [5, 5.41) is 3.09. The van der Waals surface area contributed by atoms with Crippen LogP contribution in [0.5, 0.6) is 5.75 Å². The topological polar surface area (TPSA) is 64.3 Å². The number of halogens is 1. The van der Waals surface area contributed by atoms with Crippen LogP contribution in [-0.4, -0.2) is 18.1 Å². The molecule has 5 heteroatoms. The van der Waals surface area contributed by atoms with Gasteiger partial charge in [-0.05, 0) is 57.2 Å². The summed E-state index contributed by atoms with van der Waals surface area (Å²) in [6.07, 6.45) is 5.21. The van der Waals surface area contributed by atoms with E-state index in [0.717, 1.165) is 24.2 Å². The lowest BCUT2D eigenvalue weighted by Gasteiger charge is -2.28. The number of rotatable bonds is 6. The lowest BCUT2D eigenvalue weighted by atomic mass is 9.83. The molecule has 1 saturated carbocycles. The van der Waals surface area contributed by atoms with Gasteiger partial charge in [-0.25, -0.2) is 0 Å². The summed E-state index contributed by atoms with van der Waals surface area (Å²) in [7, 11) is 0. The highest BCUT2D eigenvalue weighted by Gasteiger charge is 2.24. The summed E-state index contributed by atoms with van der Waals surface area (Å²) in [6.45, 7) is 6.02. The lowest BCUT2D eigenvalue weighted by molar-refractivity contribution is -0.123. The minimum atomic E-state index is -0.00425. The average Bonchev–Trinajstić information content (AvgIpc) is 2.49. The summed E-state index contributed by atoms with van der Waals surface area (Å²) in [5.41, 5.74) is 7.22. The molecule has 3 unspecified atom stereocenters. The molecule has 1 amide bonds. The Labute approximate surface area is 151 Å². The number of nitrogens with two attached hydrogens (primary N) is 1. The molecule has 1 aromatic rings. The third kappa shape index (κ3) is 6.33. The van der Waals surface area contributed by atoms with E-state index in [0.29, 0.717) is 12.3 Å². The van der Waals surface area contributed by atoms with Crippen LogP contribution in [0.1, 0.15) is 64.5 Å². The van der Waals surface area contributed by atoms with Crippen LogP contribution in [0.15, 0.2) is 24.3 Å². The Bertz CT molecular complexity index is 505. The largest absolute Gasteiger partial charge is 0.491 e. The van der Waals surface area contributed by atoms with E-state index >= 15 is 0 Å². The first-order chi connectivity index (χ1) is 11.0. The van der Waals surface area contributed by atoms with E-state index in [1.54, 1.807) is 0 Å². The molecule has 1 aromatic carbocycles. The maximum absolute atomic E-state index is 12.3. The monoisotopic (exact) mass is 354 g/mol. The molecule has 24 heavy (non-hydrogen) atoms. The Morgan fingerprint density at radius 1 is 1.21 bits per heavy atom. The van der Waals surface area contributed by atoms with E-state index in [1.807, 2.05) is 45.0 Å². The fourth-order valence-electron chi connectivity index (χ4n) is 3.22. The number of amides is 1. The summed E-state index contributed by atoms with van der Waals surface area (Å²) < 4.78 is 5.64. The molecule has 3 atom stereocenters. The second-order valence-corrected chi connectivity index (χ2v) is 6.94. The molecule has 0 bridgehead atoms. The van der Waals surface area contributed by atoms with Crippen molar-refractivity contribution < 1.29 is 9.53 Å². The first-order valence-electron chi connectivity index (χ1n) is 8.77. The van der Waals surface area contributed by atoms with Crippen molar-refractivity contribution in [3.8, 4) is 5.75 Å².